The zero-order valence-corrected chi connectivity index (χ0v) is 10.3. The maximum absolute atomic E-state index is 12.7. The molecule has 0 saturated carbocycles. The molecule has 0 nitrogen and oxygen atoms in total. The zero-order chi connectivity index (χ0) is 10.8. The van der Waals surface area contributed by atoms with Crippen molar-refractivity contribution in [1.82, 2.24) is 0 Å². The van der Waals surface area contributed by atoms with Gasteiger partial charge in [0.2, 0.25) is 0 Å². The van der Waals surface area contributed by atoms with Crippen LogP contribution in [-0.2, 0) is 0 Å². The van der Waals surface area contributed by atoms with E-state index in [4.69, 9.17) is 0 Å². The Bertz CT molecular complexity index is 330. The zero-order valence-electron chi connectivity index (χ0n) is 9.26. The van der Waals surface area contributed by atoms with E-state index in [0.29, 0.717) is 0 Å². The first kappa shape index (κ1) is 11.2. The highest BCUT2D eigenvalue weighted by Gasteiger charge is 2.09. The van der Waals surface area contributed by atoms with Gasteiger partial charge in [-0.3, -0.25) is 0 Å². The highest BCUT2D eigenvalue weighted by molar-refractivity contribution is 6.81. The van der Waals surface area contributed by atoms with E-state index in [0.717, 1.165) is 5.56 Å². The van der Waals surface area contributed by atoms with E-state index in [2.05, 4.69) is 32.3 Å². The second-order valence-corrected chi connectivity index (χ2v) is 9.72. The SMILES string of the molecule is C/C(=C\[Si](C)(C)C)c1ccc(F)cc1. The number of benzene rings is 1. The molecule has 0 aliphatic carbocycles. The molecule has 0 aromatic heterocycles. The van der Waals surface area contributed by atoms with Crippen LogP contribution in [0.1, 0.15) is 12.5 Å². The number of hydrogen-bond acceptors (Lipinski definition) is 0. The van der Waals surface area contributed by atoms with Gasteiger partial charge in [0, 0.05) is 0 Å². The second kappa shape index (κ2) is 4.09. The standard InChI is InChI=1S/C12H17FSi/c1-10(9-14(2,3)4)11-5-7-12(13)8-6-11/h5-9H,1-4H3/b10-9+. The predicted molar refractivity (Wildman–Crippen MR) is 63.4 cm³/mol. The van der Waals surface area contributed by atoms with Crippen molar-refractivity contribution < 1.29 is 4.39 Å². The van der Waals surface area contributed by atoms with Crippen LogP contribution >= 0.6 is 0 Å². The molecule has 0 bridgehead atoms. The van der Waals surface area contributed by atoms with Crippen molar-refractivity contribution in [1.29, 1.82) is 0 Å². The van der Waals surface area contributed by atoms with Crippen LogP contribution in [0.5, 0.6) is 0 Å². The van der Waals surface area contributed by atoms with Gasteiger partial charge in [-0.05, 0) is 24.6 Å². The summed E-state index contributed by atoms with van der Waals surface area (Å²) in [5, 5.41) is 0. The van der Waals surface area contributed by atoms with Crippen molar-refractivity contribution in [2.45, 2.75) is 26.6 Å². The molecule has 1 aromatic rings. The molecular weight excluding hydrogens is 191 g/mol. The largest absolute Gasteiger partial charge is 0.207 e. The molecule has 0 N–H and O–H groups in total. The molecule has 0 unspecified atom stereocenters. The lowest BCUT2D eigenvalue weighted by Crippen LogP contribution is -2.16. The molecule has 0 spiro atoms. The Labute approximate surface area is 86.5 Å². The quantitative estimate of drug-likeness (QED) is 0.642. The Balaban J connectivity index is 2.95. The maximum Gasteiger partial charge on any atom is 0.123 e. The molecule has 14 heavy (non-hydrogen) atoms. The first-order valence-electron chi connectivity index (χ1n) is 4.84. The van der Waals surface area contributed by atoms with E-state index >= 15 is 0 Å². The van der Waals surface area contributed by atoms with Gasteiger partial charge in [-0.15, -0.1) is 0 Å². The van der Waals surface area contributed by atoms with Gasteiger partial charge in [0.25, 0.3) is 0 Å². The summed E-state index contributed by atoms with van der Waals surface area (Å²) in [6.45, 7) is 8.96. The smallest absolute Gasteiger partial charge is 0.123 e. The van der Waals surface area contributed by atoms with Gasteiger partial charge in [-0.25, -0.2) is 4.39 Å². The molecule has 1 rings (SSSR count). The lowest BCUT2D eigenvalue weighted by molar-refractivity contribution is 0.627. The highest BCUT2D eigenvalue weighted by Crippen LogP contribution is 2.17. The first-order valence-corrected chi connectivity index (χ1v) is 8.42. The highest BCUT2D eigenvalue weighted by atomic mass is 28.3. The Kier molecular flexibility index (Phi) is 3.27. The van der Waals surface area contributed by atoms with Gasteiger partial charge < -0.3 is 0 Å². The van der Waals surface area contributed by atoms with Gasteiger partial charge in [0.05, 0.1) is 8.07 Å². The average molecular weight is 208 g/mol. The summed E-state index contributed by atoms with van der Waals surface area (Å²) in [5.41, 5.74) is 4.71. The third-order valence-corrected chi connectivity index (χ3v) is 3.25. The summed E-state index contributed by atoms with van der Waals surface area (Å²) < 4.78 is 12.7. The fourth-order valence-corrected chi connectivity index (χ4v) is 2.91. The van der Waals surface area contributed by atoms with Crippen LogP contribution in [0.15, 0.2) is 30.0 Å². The molecule has 0 saturated heterocycles. The molecule has 76 valence electrons. The second-order valence-electron chi connectivity index (χ2n) is 4.70. The molecule has 0 aliphatic rings. The number of hydrogen-bond donors (Lipinski definition) is 0. The van der Waals surface area contributed by atoms with Gasteiger partial charge in [0.1, 0.15) is 5.82 Å². The Morgan fingerprint density at radius 3 is 2.07 bits per heavy atom. The molecule has 0 atom stereocenters. The van der Waals surface area contributed by atoms with Crippen LogP contribution in [0.25, 0.3) is 5.57 Å². The molecule has 0 radical (unpaired) electrons. The van der Waals surface area contributed by atoms with Crippen molar-refractivity contribution in [3.05, 3.63) is 41.3 Å². The number of rotatable bonds is 2. The van der Waals surface area contributed by atoms with E-state index in [1.165, 1.54) is 17.7 Å². The summed E-state index contributed by atoms with van der Waals surface area (Å²) in [6, 6.07) is 6.69. The topological polar surface area (TPSA) is 0 Å². The van der Waals surface area contributed by atoms with Crippen LogP contribution in [0.2, 0.25) is 19.6 Å². The van der Waals surface area contributed by atoms with E-state index in [9.17, 15) is 4.39 Å². The average Bonchev–Trinajstić information content (AvgIpc) is 2.02. The normalized spacial score (nSPS) is 13.1. The van der Waals surface area contributed by atoms with Gasteiger partial charge in [0.15, 0.2) is 0 Å². The molecule has 0 amide bonds. The van der Waals surface area contributed by atoms with Crippen molar-refractivity contribution in [2.75, 3.05) is 0 Å². The minimum absolute atomic E-state index is 0.172. The van der Waals surface area contributed by atoms with Crippen LogP contribution in [0.4, 0.5) is 4.39 Å². The van der Waals surface area contributed by atoms with Crippen LogP contribution < -0.4 is 0 Å². The molecule has 0 fully saturated rings. The Morgan fingerprint density at radius 1 is 1.14 bits per heavy atom. The summed E-state index contributed by atoms with van der Waals surface area (Å²) in [5.74, 6) is -0.172. The molecule has 2 heteroatoms. The van der Waals surface area contributed by atoms with Crippen molar-refractivity contribution in [3.8, 4) is 0 Å². The van der Waals surface area contributed by atoms with Crippen LogP contribution in [-0.4, -0.2) is 8.07 Å². The van der Waals surface area contributed by atoms with E-state index < -0.39 is 8.07 Å². The minimum atomic E-state index is -1.17. The Morgan fingerprint density at radius 2 is 1.64 bits per heavy atom. The summed E-state index contributed by atoms with van der Waals surface area (Å²) in [4.78, 5) is 0. The van der Waals surface area contributed by atoms with Gasteiger partial charge in [-0.2, -0.15) is 0 Å². The van der Waals surface area contributed by atoms with Gasteiger partial charge in [-0.1, -0.05) is 43.0 Å². The van der Waals surface area contributed by atoms with Crippen molar-refractivity contribution >= 4 is 13.6 Å². The number of halogens is 1. The maximum atomic E-state index is 12.7. The first-order chi connectivity index (χ1) is 6.38. The van der Waals surface area contributed by atoms with E-state index in [1.54, 1.807) is 0 Å². The lowest BCUT2D eigenvalue weighted by atomic mass is 10.1. The van der Waals surface area contributed by atoms with Crippen molar-refractivity contribution in [3.63, 3.8) is 0 Å². The lowest BCUT2D eigenvalue weighted by Gasteiger charge is -2.12. The summed E-state index contributed by atoms with van der Waals surface area (Å²) in [7, 11) is -1.17. The van der Waals surface area contributed by atoms with Crippen LogP contribution in [0, 0.1) is 5.82 Å². The van der Waals surface area contributed by atoms with E-state index in [-0.39, 0.29) is 5.82 Å². The monoisotopic (exact) mass is 208 g/mol. The van der Waals surface area contributed by atoms with Gasteiger partial charge >= 0.3 is 0 Å². The van der Waals surface area contributed by atoms with Crippen LogP contribution in [0.3, 0.4) is 0 Å². The van der Waals surface area contributed by atoms with Crippen molar-refractivity contribution in [2.24, 2.45) is 0 Å². The fourth-order valence-electron chi connectivity index (χ4n) is 1.45. The fraction of sp³-hybridized carbons (Fsp3) is 0.333. The third-order valence-electron chi connectivity index (χ3n) is 1.95. The minimum Gasteiger partial charge on any atom is -0.207 e. The summed E-state index contributed by atoms with van der Waals surface area (Å²) >= 11 is 0. The molecule has 0 aliphatic heterocycles. The number of allylic oxidation sites excluding steroid dienone is 1. The predicted octanol–water partition coefficient (Wildman–Crippen LogP) is 4.11. The molecular formula is C12H17FSi. The summed E-state index contributed by atoms with van der Waals surface area (Å²) in [6.07, 6.45) is 0. The van der Waals surface area contributed by atoms with E-state index in [1.807, 2.05) is 12.1 Å². The Hall–Kier alpha value is -0.893. The molecule has 0 heterocycles. The molecule has 1 aromatic carbocycles. The third kappa shape index (κ3) is 3.46.